The van der Waals surface area contributed by atoms with Crippen molar-refractivity contribution in [1.29, 1.82) is 0 Å². The summed E-state index contributed by atoms with van der Waals surface area (Å²) >= 11 is 0. The molecule has 0 heterocycles. The van der Waals surface area contributed by atoms with Gasteiger partial charge in [-0.2, -0.15) is 19.6 Å². The standard InChI is InChI=1S/C4H5O.Na/c1-3-4(2)5;/h3H,1-2H2;/q-1;+1. The van der Waals surface area contributed by atoms with Crippen molar-refractivity contribution in [3.63, 3.8) is 0 Å². The third-order valence-electron chi connectivity index (χ3n) is 0.228. The molecule has 2 heteroatoms. The van der Waals surface area contributed by atoms with Crippen LogP contribution in [0.5, 0.6) is 0 Å². The number of ketones is 1. The van der Waals surface area contributed by atoms with Gasteiger partial charge in [0.05, 0.1) is 0 Å². The van der Waals surface area contributed by atoms with Gasteiger partial charge in [0, 0.05) is 5.78 Å². The average Bonchev–Trinajstić information content (AvgIpc) is 1.38. The predicted molar refractivity (Wildman–Crippen MR) is 20.6 cm³/mol. The fourth-order valence-corrected chi connectivity index (χ4v) is 0. The Bertz CT molecular complexity index is 58.6. The van der Waals surface area contributed by atoms with Crippen LogP contribution in [-0.4, -0.2) is 5.78 Å². The maximum Gasteiger partial charge on any atom is 1.00 e. The Kier molecular flexibility index (Phi) is 8.41. The molecular weight excluding hydrogens is 87.0 g/mol. The van der Waals surface area contributed by atoms with Crippen molar-refractivity contribution < 1.29 is 34.4 Å². The summed E-state index contributed by atoms with van der Waals surface area (Å²) in [5, 5.41) is 0. The van der Waals surface area contributed by atoms with Crippen molar-refractivity contribution in [1.82, 2.24) is 0 Å². The number of hydrogen-bond donors (Lipinski definition) is 0. The van der Waals surface area contributed by atoms with Crippen molar-refractivity contribution >= 4 is 5.78 Å². The van der Waals surface area contributed by atoms with E-state index in [0.29, 0.717) is 0 Å². The molecule has 0 unspecified atom stereocenters. The van der Waals surface area contributed by atoms with E-state index < -0.39 is 0 Å². The zero-order valence-electron chi connectivity index (χ0n) is 3.90. The Hall–Kier alpha value is 0.280. The number of carbonyl (C=O) groups is 1. The van der Waals surface area contributed by atoms with Gasteiger partial charge in [0.1, 0.15) is 0 Å². The SMILES string of the molecule is C=CC([CH2-])=O.[Na+]. The van der Waals surface area contributed by atoms with Gasteiger partial charge in [-0.3, -0.25) is 0 Å². The van der Waals surface area contributed by atoms with Crippen LogP contribution in [0.2, 0.25) is 0 Å². The van der Waals surface area contributed by atoms with E-state index >= 15 is 0 Å². The molecule has 0 amide bonds. The van der Waals surface area contributed by atoms with Gasteiger partial charge >= 0.3 is 29.6 Å². The molecule has 0 spiro atoms. The minimum atomic E-state index is -0.231. The molecule has 0 atom stereocenters. The van der Waals surface area contributed by atoms with Crippen LogP contribution < -0.4 is 29.6 Å². The maximum absolute atomic E-state index is 9.58. The molecule has 0 fully saturated rings. The first-order valence-corrected chi connectivity index (χ1v) is 1.25. The largest absolute Gasteiger partial charge is 1.00 e. The zero-order chi connectivity index (χ0) is 4.28. The minimum Gasteiger partial charge on any atom is -0.333 e. The first kappa shape index (κ1) is 9.56. The minimum absolute atomic E-state index is 0. The van der Waals surface area contributed by atoms with Gasteiger partial charge in [0.25, 0.3) is 0 Å². The normalized spacial score (nSPS) is 5.33. The molecule has 0 aliphatic heterocycles. The summed E-state index contributed by atoms with van der Waals surface area (Å²) in [6.45, 7) is 6.15. The third kappa shape index (κ3) is 8.86. The van der Waals surface area contributed by atoms with Gasteiger partial charge in [0.15, 0.2) is 0 Å². The molecule has 0 bridgehead atoms. The van der Waals surface area contributed by atoms with Crippen LogP contribution in [0, 0.1) is 6.92 Å². The van der Waals surface area contributed by atoms with Crippen LogP contribution in [-0.2, 0) is 4.79 Å². The summed E-state index contributed by atoms with van der Waals surface area (Å²) < 4.78 is 0. The van der Waals surface area contributed by atoms with E-state index in [4.69, 9.17) is 0 Å². The second kappa shape index (κ2) is 5.28. The first-order chi connectivity index (χ1) is 2.27. The van der Waals surface area contributed by atoms with E-state index in [2.05, 4.69) is 13.5 Å². The Morgan fingerprint density at radius 2 is 2.00 bits per heavy atom. The first-order valence-electron chi connectivity index (χ1n) is 1.25. The van der Waals surface area contributed by atoms with Crippen molar-refractivity contribution in [2.45, 2.75) is 0 Å². The Morgan fingerprint density at radius 3 is 2.00 bits per heavy atom. The molecule has 0 radical (unpaired) electrons. The second-order valence-corrected chi connectivity index (χ2v) is 0.670. The summed E-state index contributed by atoms with van der Waals surface area (Å²) in [7, 11) is 0. The van der Waals surface area contributed by atoms with Gasteiger partial charge in [-0.05, 0) is 0 Å². The van der Waals surface area contributed by atoms with Crippen molar-refractivity contribution in [3.8, 4) is 0 Å². The summed E-state index contributed by atoms with van der Waals surface area (Å²) in [4.78, 5) is 9.58. The van der Waals surface area contributed by atoms with Crippen molar-refractivity contribution in [3.05, 3.63) is 19.6 Å². The van der Waals surface area contributed by atoms with E-state index in [-0.39, 0.29) is 35.3 Å². The van der Waals surface area contributed by atoms with E-state index in [1.165, 1.54) is 6.08 Å². The van der Waals surface area contributed by atoms with Gasteiger partial charge < -0.3 is 4.79 Å². The number of allylic oxidation sites excluding steroid dienone is 1. The summed E-state index contributed by atoms with van der Waals surface area (Å²) in [5.41, 5.74) is 0. The predicted octanol–water partition coefficient (Wildman–Crippen LogP) is -2.42. The second-order valence-electron chi connectivity index (χ2n) is 0.670. The number of carbonyl (C=O) groups excluding carboxylic acids is 1. The zero-order valence-corrected chi connectivity index (χ0v) is 5.90. The third-order valence-corrected chi connectivity index (χ3v) is 0.228. The van der Waals surface area contributed by atoms with E-state index in [1.54, 1.807) is 0 Å². The molecular formula is C4H5NaO. The summed E-state index contributed by atoms with van der Waals surface area (Å²) in [5.74, 6) is -0.231. The molecule has 0 aliphatic carbocycles. The Morgan fingerprint density at radius 1 is 1.83 bits per heavy atom. The molecule has 0 saturated heterocycles. The van der Waals surface area contributed by atoms with Crippen LogP contribution in [0.4, 0.5) is 0 Å². The average molecular weight is 92.1 g/mol. The molecule has 6 heavy (non-hydrogen) atoms. The maximum atomic E-state index is 9.58. The topological polar surface area (TPSA) is 17.1 Å². The van der Waals surface area contributed by atoms with Crippen LogP contribution >= 0.6 is 0 Å². The smallest absolute Gasteiger partial charge is 0.333 e. The Balaban J connectivity index is 0. The van der Waals surface area contributed by atoms with E-state index in [1.807, 2.05) is 0 Å². The number of rotatable bonds is 1. The molecule has 0 N–H and O–H groups in total. The number of hydrogen-bond acceptors (Lipinski definition) is 1. The molecule has 0 saturated carbocycles. The van der Waals surface area contributed by atoms with E-state index in [9.17, 15) is 4.79 Å². The van der Waals surface area contributed by atoms with Crippen LogP contribution in [0.25, 0.3) is 0 Å². The van der Waals surface area contributed by atoms with Crippen LogP contribution in [0.3, 0.4) is 0 Å². The molecule has 0 aromatic heterocycles. The van der Waals surface area contributed by atoms with Crippen molar-refractivity contribution in [2.24, 2.45) is 0 Å². The Labute approximate surface area is 59.7 Å². The van der Waals surface area contributed by atoms with Crippen LogP contribution in [0.15, 0.2) is 12.7 Å². The molecule has 28 valence electrons. The fraction of sp³-hybridized carbons (Fsp3) is 0. The molecule has 0 aromatic rings. The molecule has 1 nitrogen and oxygen atoms in total. The molecule has 0 rings (SSSR count). The van der Waals surface area contributed by atoms with Crippen molar-refractivity contribution in [2.75, 3.05) is 0 Å². The molecule has 0 aliphatic rings. The van der Waals surface area contributed by atoms with Gasteiger partial charge in [-0.25, -0.2) is 0 Å². The fourth-order valence-electron chi connectivity index (χ4n) is 0. The molecule has 0 aromatic carbocycles. The van der Waals surface area contributed by atoms with Gasteiger partial charge in [-0.1, -0.05) is 0 Å². The summed E-state index contributed by atoms with van der Waals surface area (Å²) in [6, 6.07) is 0. The van der Waals surface area contributed by atoms with Crippen LogP contribution in [0.1, 0.15) is 0 Å². The monoisotopic (exact) mass is 92.0 g/mol. The van der Waals surface area contributed by atoms with E-state index in [0.717, 1.165) is 0 Å². The van der Waals surface area contributed by atoms with Gasteiger partial charge in [-0.15, -0.1) is 0 Å². The summed E-state index contributed by atoms with van der Waals surface area (Å²) in [6.07, 6.45) is 1.17. The van der Waals surface area contributed by atoms with Gasteiger partial charge in [0.2, 0.25) is 0 Å². The quantitative estimate of drug-likeness (QED) is 0.200.